The number of methoxy groups -OCH3 is 2. The Bertz CT molecular complexity index is 2520. The highest BCUT2D eigenvalue weighted by Gasteiger charge is 2.44. The van der Waals surface area contributed by atoms with Crippen LogP contribution in [-0.4, -0.2) is 128 Å². The number of hydrogen-bond acceptors (Lipinski definition) is 18. The van der Waals surface area contributed by atoms with Gasteiger partial charge in [-0.2, -0.15) is 9.97 Å². The molecule has 6 aromatic rings. The zero-order valence-corrected chi connectivity index (χ0v) is 36.9. The molecule has 0 amide bonds. The highest BCUT2D eigenvalue weighted by molar-refractivity contribution is 6.28. The van der Waals surface area contributed by atoms with Crippen molar-refractivity contribution < 1.29 is 28.4 Å². The Balaban J connectivity index is 0.000000143. The number of nitrogens with one attached hydrogen (secondary N) is 1. The largest absolute Gasteiger partial charge is 0.493 e. The van der Waals surface area contributed by atoms with Crippen LogP contribution in [0.15, 0.2) is 62.0 Å². The fraction of sp³-hybridized carbons (Fsp3) is 0.429. The van der Waals surface area contributed by atoms with E-state index in [0.717, 1.165) is 80.8 Å². The number of nitrogen functional groups attached to an aromatic ring is 1. The lowest BCUT2D eigenvalue weighted by atomic mass is 9.88. The van der Waals surface area contributed by atoms with E-state index in [2.05, 4.69) is 57.1 Å². The third-order valence-electron chi connectivity index (χ3n) is 11.6. The molecule has 2 fully saturated rings. The van der Waals surface area contributed by atoms with Gasteiger partial charge in [-0.25, -0.2) is 29.9 Å². The zero-order valence-electron chi connectivity index (χ0n) is 36.1. The summed E-state index contributed by atoms with van der Waals surface area (Å²) in [5.74, 6) is 6.00. The average molecular weight is 883 g/mol. The van der Waals surface area contributed by atoms with E-state index in [1.165, 1.54) is 0 Å². The molecule has 0 bridgehead atoms. The molecule has 2 spiro atoms. The molecule has 10 heterocycles. The highest BCUT2D eigenvalue weighted by atomic mass is 35.5. The van der Waals surface area contributed by atoms with Crippen LogP contribution in [0.4, 0.5) is 29.0 Å². The van der Waals surface area contributed by atoms with Gasteiger partial charge in [0.25, 0.3) is 0 Å². The number of imidazole rings is 2. The lowest BCUT2D eigenvalue weighted by Crippen LogP contribution is -2.57. The van der Waals surface area contributed by atoms with Crippen LogP contribution in [0, 0.1) is 13.8 Å². The molecule has 4 aliphatic rings. The van der Waals surface area contributed by atoms with Gasteiger partial charge in [0.15, 0.2) is 46.3 Å². The summed E-state index contributed by atoms with van der Waals surface area (Å²) in [6.45, 7) is 8.11. The number of aromatic nitrogens is 10. The van der Waals surface area contributed by atoms with E-state index in [0.29, 0.717) is 59.5 Å². The summed E-state index contributed by atoms with van der Waals surface area (Å²) in [7, 11) is 7.30. The molecule has 0 aromatic carbocycles. The first kappa shape index (κ1) is 43.2. The fourth-order valence-corrected chi connectivity index (χ4v) is 7.96. The van der Waals surface area contributed by atoms with Gasteiger partial charge in [0, 0.05) is 65.0 Å². The minimum Gasteiger partial charge on any atom is -0.493 e. The maximum Gasteiger partial charge on any atom is 0.229 e. The van der Waals surface area contributed by atoms with Crippen LogP contribution < -0.4 is 39.8 Å². The number of pyridine rings is 2. The molecule has 0 saturated carbocycles. The first-order chi connectivity index (χ1) is 30.5. The first-order valence-electron chi connectivity index (χ1n) is 20.4. The van der Waals surface area contributed by atoms with Crippen LogP contribution in [0.25, 0.3) is 11.6 Å². The Hall–Kier alpha value is -6.51. The first-order valence-corrected chi connectivity index (χ1v) is 20.8. The smallest absolute Gasteiger partial charge is 0.229 e. The Kier molecular flexibility index (Phi) is 12.6. The summed E-state index contributed by atoms with van der Waals surface area (Å²) in [5, 5.41) is 3.48. The predicted octanol–water partition coefficient (Wildman–Crippen LogP) is 5.17. The highest BCUT2D eigenvalue weighted by Crippen LogP contribution is 2.42. The molecule has 6 aromatic heterocycles. The van der Waals surface area contributed by atoms with Gasteiger partial charge in [0.2, 0.25) is 11.2 Å². The van der Waals surface area contributed by atoms with Gasteiger partial charge < -0.3 is 49.3 Å². The quantitative estimate of drug-likeness (QED) is 0.207. The molecule has 0 aliphatic carbocycles. The normalized spacial score (nSPS) is 16.9. The number of likely N-dealkylation sites (N-methyl/N-ethyl adjacent to an activating group) is 2. The molecule has 63 heavy (non-hydrogen) atoms. The van der Waals surface area contributed by atoms with Crippen molar-refractivity contribution >= 4 is 40.6 Å². The van der Waals surface area contributed by atoms with E-state index in [-0.39, 0.29) is 16.4 Å². The predicted molar refractivity (Wildman–Crippen MR) is 235 cm³/mol. The Labute approximate surface area is 369 Å². The summed E-state index contributed by atoms with van der Waals surface area (Å²) in [6.07, 6.45) is 17.5. The number of ether oxygens (including phenoxy) is 6. The van der Waals surface area contributed by atoms with E-state index < -0.39 is 0 Å². The lowest BCUT2D eigenvalue weighted by molar-refractivity contribution is 0.0264. The number of fused-ring (bicyclic) bond motifs is 2. The van der Waals surface area contributed by atoms with Crippen LogP contribution in [0.2, 0.25) is 5.28 Å². The van der Waals surface area contributed by atoms with Gasteiger partial charge in [-0.05, 0) is 51.1 Å². The van der Waals surface area contributed by atoms with E-state index in [4.69, 9.17) is 50.7 Å². The van der Waals surface area contributed by atoms with Crippen molar-refractivity contribution in [2.75, 3.05) is 88.8 Å². The van der Waals surface area contributed by atoms with Crippen LogP contribution >= 0.6 is 11.6 Å². The van der Waals surface area contributed by atoms with Crippen molar-refractivity contribution in [1.82, 2.24) is 49.0 Å². The second-order valence-corrected chi connectivity index (χ2v) is 15.9. The van der Waals surface area contributed by atoms with Crippen LogP contribution in [-0.2, 0) is 9.47 Å². The van der Waals surface area contributed by atoms with E-state index in [1.54, 1.807) is 62.3 Å². The topological polar surface area (TPSA) is 213 Å². The molecule has 3 N–H and O–H groups in total. The van der Waals surface area contributed by atoms with E-state index >= 15 is 0 Å². The van der Waals surface area contributed by atoms with Gasteiger partial charge in [0.1, 0.15) is 25.9 Å². The molecule has 21 heteroatoms. The number of nitrogens with zero attached hydrogens (tertiary/aromatic N) is 12. The number of hydrogen-bond donors (Lipinski definition) is 2. The maximum absolute atomic E-state index is 6.00. The second kappa shape index (κ2) is 18.5. The number of anilines is 5. The number of aryl methyl sites for hydroxylation is 2. The third-order valence-corrected chi connectivity index (χ3v) is 11.8. The van der Waals surface area contributed by atoms with Gasteiger partial charge in [0.05, 0.1) is 72.8 Å². The van der Waals surface area contributed by atoms with Crippen LogP contribution in [0.3, 0.4) is 0 Å². The molecule has 10 rings (SSSR count). The van der Waals surface area contributed by atoms with Gasteiger partial charge in [-0.1, -0.05) is 0 Å². The Morgan fingerprint density at radius 3 is 1.68 bits per heavy atom. The molecule has 0 unspecified atom stereocenters. The molecule has 20 nitrogen and oxygen atoms in total. The zero-order chi connectivity index (χ0) is 44.1. The minimum atomic E-state index is -0.0910. The summed E-state index contributed by atoms with van der Waals surface area (Å²) in [5.41, 5.74) is 8.64. The average Bonchev–Trinajstić information content (AvgIpc) is 3.95. The molecular weight excluding hydrogens is 832 g/mol. The minimum absolute atomic E-state index is 0.0110. The SMILES string of the molecule is CN1c2nc(Cl)ncc2OCC12CCOCC2.COc1cc(N)cnc1-n1cnc(C)c1.COc1cc(Nc2ncc3c(n2)N(C)C2(CCOCC2)CO3)cnc1-n1cnc(C)c1. The van der Waals surface area contributed by atoms with Gasteiger partial charge in [-0.3, -0.25) is 9.13 Å². The molecule has 2 saturated heterocycles. The molecule has 4 aliphatic heterocycles. The van der Waals surface area contributed by atoms with E-state index in [9.17, 15) is 0 Å². The number of halogens is 1. The summed E-state index contributed by atoms with van der Waals surface area (Å²) < 4.78 is 37.1. The van der Waals surface area contributed by atoms with Gasteiger partial charge >= 0.3 is 0 Å². The Morgan fingerprint density at radius 1 is 0.651 bits per heavy atom. The standard InChI is InChI=1S/C21H25N7O3.C11H14ClN3O2.C10H12N4O/c1-14-11-28(13-24-14)18-16(29-3)8-15(9-22-18)25-20-23-10-17-19(26-20)27(2)21(12-31-17)4-6-30-7-5-21;1-15-9-8(6-13-10(12)14-9)17-7-11(15)2-4-16-5-3-11;1-7-5-14(6-13-7)10-9(15-2)3-8(11)4-12-10/h8-11,13H,4-7,12H2,1-3H3,(H,23,25,26);6H,2-5,7H2,1H3;3-6H,11H2,1-2H3. The summed E-state index contributed by atoms with van der Waals surface area (Å²) in [4.78, 5) is 38.8. The summed E-state index contributed by atoms with van der Waals surface area (Å²) in [6, 6.07) is 3.60. The monoisotopic (exact) mass is 882 g/mol. The molecule has 332 valence electrons. The second-order valence-electron chi connectivity index (χ2n) is 15.6. The number of rotatable bonds is 6. The van der Waals surface area contributed by atoms with E-state index in [1.807, 2.05) is 43.9 Å². The summed E-state index contributed by atoms with van der Waals surface area (Å²) >= 11 is 5.84. The van der Waals surface area contributed by atoms with Crippen molar-refractivity contribution in [3.05, 3.63) is 78.6 Å². The van der Waals surface area contributed by atoms with Crippen LogP contribution in [0.5, 0.6) is 23.0 Å². The van der Waals surface area contributed by atoms with Crippen molar-refractivity contribution in [2.45, 2.75) is 50.6 Å². The Morgan fingerprint density at radius 2 is 1.16 bits per heavy atom. The maximum atomic E-state index is 6.00. The van der Waals surface area contributed by atoms with Crippen molar-refractivity contribution in [3.63, 3.8) is 0 Å². The molecular formula is C42H51ClN14O6. The third kappa shape index (κ3) is 9.18. The van der Waals surface area contributed by atoms with Crippen molar-refractivity contribution in [2.24, 2.45) is 0 Å². The molecule has 0 radical (unpaired) electrons. The number of nitrogens with two attached hydrogens (primary N) is 1. The van der Waals surface area contributed by atoms with Crippen LogP contribution in [0.1, 0.15) is 37.1 Å². The van der Waals surface area contributed by atoms with Crippen molar-refractivity contribution in [3.8, 4) is 34.6 Å². The lowest BCUT2D eigenvalue weighted by Gasteiger charge is -2.47. The van der Waals surface area contributed by atoms with Crippen molar-refractivity contribution in [1.29, 1.82) is 0 Å². The fourth-order valence-electron chi connectivity index (χ4n) is 7.83. The van der Waals surface area contributed by atoms with Gasteiger partial charge in [-0.15, -0.1) is 0 Å². The molecule has 0 atom stereocenters.